The van der Waals surface area contributed by atoms with Gasteiger partial charge in [0.25, 0.3) is 0 Å². The van der Waals surface area contributed by atoms with Crippen LogP contribution in [-0.2, 0) is 4.74 Å². The molecule has 1 unspecified atom stereocenters. The van der Waals surface area contributed by atoms with Crippen molar-refractivity contribution in [2.24, 2.45) is 0 Å². The van der Waals surface area contributed by atoms with Crippen LogP contribution in [0, 0.1) is 0 Å². The van der Waals surface area contributed by atoms with E-state index in [0.717, 1.165) is 19.4 Å². The van der Waals surface area contributed by atoms with Crippen LogP contribution in [-0.4, -0.2) is 30.3 Å². The molecule has 4 heteroatoms. The van der Waals surface area contributed by atoms with Crippen LogP contribution in [0.5, 0.6) is 0 Å². The van der Waals surface area contributed by atoms with Crippen LogP contribution < -0.4 is 10.6 Å². The standard InChI is InChI=1S/C13H26N2O2/c1-12(2,3)17-11(16)14-9-5-7-13(4)8-6-10-15-13/h15H,5-10H2,1-4H3,(H,14,16). The molecule has 1 aliphatic heterocycles. The van der Waals surface area contributed by atoms with Crippen molar-refractivity contribution in [1.82, 2.24) is 10.6 Å². The van der Waals surface area contributed by atoms with Crippen molar-refractivity contribution < 1.29 is 9.53 Å². The SMILES string of the molecule is CC1(CCCNC(=O)OC(C)(C)C)CCCN1. The van der Waals surface area contributed by atoms with E-state index in [-0.39, 0.29) is 11.6 Å². The van der Waals surface area contributed by atoms with E-state index in [2.05, 4.69) is 17.6 Å². The molecule has 1 aliphatic rings. The lowest BCUT2D eigenvalue weighted by Crippen LogP contribution is -2.38. The molecule has 1 saturated heterocycles. The molecule has 0 aromatic carbocycles. The lowest BCUT2D eigenvalue weighted by atomic mass is 9.94. The summed E-state index contributed by atoms with van der Waals surface area (Å²) in [4.78, 5) is 11.4. The van der Waals surface area contributed by atoms with Crippen molar-refractivity contribution in [2.45, 2.75) is 64.5 Å². The van der Waals surface area contributed by atoms with Crippen LogP contribution >= 0.6 is 0 Å². The second kappa shape index (κ2) is 5.71. The Bertz CT molecular complexity index is 253. The summed E-state index contributed by atoms with van der Waals surface area (Å²) < 4.78 is 5.17. The van der Waals surface area contributed by atoms with Gasteiger partial charge in [-0.3, -0.25) is 0 Å². The van der Waals surface area contributed by atoms with Crippen molar-refractivity contribution in [3.63, 3.8) is 0 Å². The van der Waals surface area contributed by atoms with Crippen molar-refractivity contribution in [3.8, 4) is 0 Å². The molecule has 1 rings (SSSR count). The Morgan fingerprint density at radius 1 is 1.47 bits per heavy atom. The summed E-state index contributed by atoms with van der Waals surface area (Å²) in [5.74, 6) is 0. The van der Waals surface area contributed by atoms with Gasteiger partial charge in [0.15, 0.2) is 0 Å². The molecular formula is C13H26N2O2. The van der Waals surface area contributed by atoms with E-state index in [1.54, 1.807) is 0 Å². The number of hydrogen-bond donors (Lipinski definition) is 2. The number of ether oxygens (including phenoxy) is 1. The Labute approximate surface area is 104 Å². The average Bonchev–Trinajstić information content (AvgIpc) is 2.58. The zero-order valence-corrected chi connectivity index (χ0v) is 11.6. The number of carbonyl (C=O) groups excluding carboxylic acids is 1. The van der Waals surface area contributed by atoms with Crippen LogP contribution in [0.2, 0.25) is 0 Å². The highest BCUT2D eigenvalue weighted by Crippen LogP contribution is 2.23. The molecule has 1 atom stereocenters. The third-order valence-corrected chi connectivity index (χ3v) is 3.03. The summed E-state index contributed by atoms with van der Waals surface area (Å²) in [5, 5.41) is 6.31. The number of nitrogens with one attached hydrogen (secondary N) is 2. The van der Waals surface area contributed by atoms with Crippen LogP contribution in [0.1, 0.15) is 53.4 Å². The topological polar surface area (TPSA) is 50.4 Å². The first-order valence-electron chi connectivity index (χ1n) is 6.53. The molecule has 0 aliphatic carbocycles. The monoisotopic (exact) mass is 242 g/mol. The average molecular weight is 242 g/mol. The normalized spacial score (nSPS) is 24.7. The molecule has 1 fully saturated rings. The van der Waals surface area contributed by atoms with Crippen molar-refractivity contribution >= 4 is 6.09 Å². The van der Waals surface area contributed by atoms with Crippen LogP contribution in [0.15, 0.2) is 0 Å². The fourth-order valence-corrected chi connectivity index (χ4v) is 2.15. The van der Waals surface area contributed by atoms with Gasteiger partial charge in [-0.1, -0.05) is 0 Å². The Balaban J connectivity index is 2.10. The molecule has 0 bridgehead atoms. The van der Waals surface area contributed by atoms with E-state index in [4.69, 9.17) is 4.74 Å². The molecule has 0 saturated carbocycles. The molecule has 0 spiro atoms. The van der Waals surface area contributed by atoms with E-state index in [1.165, 1.54) is 12.8 Å². The highest BCUT2D eigenvalue weighted by molar-refractivity contribution is 5.67. The molecule has 4 nitrogen and oxygen atoms in total. The van der Waals surface area contributed by atoms with Gasteiger partial charge in [-0.15, -0.1) is 0 Å². The Hall–Kier alpha value is -0.770. The maximum atomic E-state index is 11.4. The van der Waals surface area contributed by atoms with Crippen molar-refractivity contribution in [2.75, 3.05) is 13.1 Å². The molecule has 0 radical (unpaired) electrons. The number of alkyl carbamates (subject to hydrolysis) is 1. The predicted molar refractivity (Wildman–Crippen MR) is 69.1 cm³/mol. The fraction of sp³-hybridized carbons (Fsp3) is 0.923. The van der Waals surface area contributed by atoms with Gasteiger partial charge in [-0.25, -0.2) is 4.79 Å². The van der Waals surface area contributed by atoms with Gasteiger partial charge in [-0.2, -0.15) is 0 Å². The summed E-state index contributed by atoms with van der Waals surface area (Å²) in [5.41, 5.74) is -0.140. The van der Waals surface area contributed by atoms with Gasteiger partial charge in [0, 0.05) is 12.1 Å². The maximum Gasteiger partial charge on any atom is 0.407 e. The molecule has 100 valence electrons. The summed E-state index contributed by atoms with van der Waals surface area (Å²) >= 11 is 0. The largest absolute Gasteiger partial charge is 0.444 e. The van der Waals surface area contributed by atoms with E-state index in [0.29, 0.717) is 6.54 Å². The van der Waals surface area contributed by atoms with E-state index in [1.807, 2.05) is 20.8 Å². The van der Waals surface area contributed by atoms with Crippen LogP contribution in [0.3, 0.4) is 0 Å². The second-order valence-corrected chi connectivity index (χ2v) is 6.12. The molecular weight excluding hydrogens is 216 g/mol. The van der Waals surface area contributed by atoms with Gasteiger partial charge in [-0.05, 0) is 59.9 Å². The summed E-state index contributed by atoms with van der Waals surface area (Å²) in [6, 6.07) is 0. The van der Waals surface area contributed by atoms with E-state index < -0.39 is 5.60 Å². The van der Waals surface area contributed by atoms with E-state index in [9.17, 15) is 4.79 Å². The Morgan fingerprint density at radius 3 is 2.71 bits per heavy atom. The van der Waals surface area contributed by atoms with Gasteiger partial charge in [0.2, 0.25) is 0 Å². The molecule has 1 heterocycles. The first kappa shape index (κ1) is 14.3. The van der Waals surface area contributed by atoms with E-state index >= 15 is 0 Å². The van der Waals surface area contributed by atoms with Crippen molar-refractivity contribution in [1.29, 1.82) is 0 Å². The lowest BCUT2D eigenvalue weighted by Gasteiger charge is -2.24. The highest BCUT2D eigenvalue weighted by atomic mass is 16.6. The minimum Gasteiger partial charge on any atom is -0.444 e. The zero-order valence-electron chi connectivity index (χ0n) is 11.6. The lowest BCUT2D eigenvalue weighted by molar-refractivity contribution is 0.0526. The highest BCUT2D eigenvalue weighted by Gasteiger charge is 2.27. The molecule has 1 amide bonds. The Kier molecular flexibility index (Phi) is 4.80. The third-order valence-electron chi connectivity index (χ3n) is 3.03. The Morgan fingerprint density at radius 2 is 2.18 bits per heavy atom. The van der Waals surface area contributed by atoms with Crippen LogP contribution in [0.25, 0.3) is 0 Å². The van der Waals surface area contributed by atoms with Crippen molar-refractivity contribution in [3.05, 3.63) is 0 Å². The first-order chi connectivity index (χ1) is 7.81. The summed E-state index contributed by atoms with van der Waals surface area (Å²) in [6.45, 7) is 9.68. The summed E-state index contributed by atoms with van der Waals surface area (Å²) in [7, 11) is 0. The second-order valence-electron chi connectivity index (χ2n) is 6.12. The molecule has 17 heavy (non-hydrogen) atoms. The number of rotatable bonds is 4. The number of hydrogen-bond acceptors (Lipinski definition) is 3. The fourth-order valence-electron chi connectivity index (χ4n) is 2.15. The third kappa shape index (κ3) is 5.91. The smallest absolute Gasteiger partial charge is 0.407 e. The first-order valence-corrected chi connectivity index (χ1v) is 6.53. The molecule has 0 aromatic heterocycles. The maximum absolute atomic E-state index is 11.4. The van der Waals surface area contributed by atoms with Gasteiger partial charge >= 0.3 is 6.09 Å². The number of carbonyl (C=O) groups is 1. The number of amides is 1. The quantitative estimate of drug-likeness (QED) is 0.744. The van der Waals surface area contributed by atoms with Gasteiger partial charge < -0.3 is 15.4 Å². The minimum atomic E-state index is -0.414. The minimum absolute atomic E-state index is 0.273. The zero-order chi connectivity index (χ0) is 12.9. The molecule has 2 N–H and O–H groups in total. The summed E-state index contributed by atoms with van der Waals surface area (Å²) in [6.07, 6.45) is 4.27. The van der Waals surface area contributed by atoms with Crippen LogP contribution in [0.4, 0.5) is 4.79 Å². The van der Waals surface area contributed by atoms with Gasteiger partial charge in [0.05, 0.1) is 0 Å². The van der Waals surface area contributed by atoms with Gasteiger partial charge in [0.1, 0.15) is 5.60 Å². The predicted octanol–water partition coefficient (Wildman–Crippen LogP) is 2.43. The molecule has 0 aromatic rings.